The SMILES string of the molecule is O=CNc1c(F)ccc(F)c1I. The smallest absolute Gasteiger partial charge is 0.211 e. The number of rotatable bonds is 2. The lowest BCUT2D eigenvalue weighted by molar-refractivity contribution is -0.105. The highest BCUT2D eigenvalue weighted by atomic mass is 127. The summed E-state index contributed by atoms with van der Waals surface area (Å²) in [5, 5.41) is 2.08. The molecule has 0 radical (unpaired) electrons. The van der Waals surface area contributed by atoms with Crippen LogP contribution >= 0.6 is 22.6 Å². The minimum absolute atomic E-state index is 0.0692. The van der Waals surface area contributed by atoms with Gasteiger partial charge in [-0.3, -0.25) is 4.79 Å². The lowest BCUT2D eigenvalue weighted by atomic mass is 10.3. The van der Waals surface area contributed by atoms with E-state index in [9.17, 15) is 13.6 Å². The summed E-state index contributed by atoms with van der Waals surface area (Å²) >= 11 is 1.62. The van der Waals surface area contributed by atoms with E-state index >= 15 is 0 Å². The number of amides is 1. The third-order valence-electron chi connectivity index (χ3n) is 1.25. The molecule has 0 aromatic heterocycles. The van der Waals surface area contributed by atoms with E-state index in [4.69, 9.17) is 0 Å². The zero-order valence-electron chi connectivity index (χ0n) is 5.77. The first-order valence-electron chi connectivity index (χ1n) is 3.00. The predicted molar refractivity (Wildman–Crippen MR) is 48.8 cm³/mol. The number of carbonyl (C=O) groups excluding carboxylic acids is 1. The number of carbonyl (C=O) groups is 1. The standard InChI is InChI=1S/C7H4F2INO/c8-4-1-2-5(9)7(6(4)10)11-3-12/h1-3H,(H,11,12). The minimum atomic E-state index is -0.645. The molecule has 0 unspecified atom stereocenters. The zero-order chi connectivity index (χ0) is 9.14. The molecule has 1 amide bonds. The minimum Gasteiger partial charge on any atom is -0.325 e. The van der Waals surface area contributed by atoms with Crippen LogP contribution in [0.25, 0.3) is 0 Å². The van der Waals surface area contributed by atoms with Crippen LogP contribution in [0.5, 0.6) is 0 Å². The highest BCUT2D eigenvalue weighted by Gasteiger charge is 2.09. The van der Waals surface area contributed by atoms with Crippen molar-refractivity contribution < 1.29 is 13.6 Å². The van der Waals surface area contributed by atoms with Gasteiger partial charge in [0, 0.05) is 0 Å². The van der Waals surface area contributed by atoms with E-state index in [0.717, 1.165) is 12.1 Å². The lowest BCUT2D eigenvalue weighted by Crippen LogP contribution is -2.01. The Labute approximate surface area is 81.1 Å². The van der Waals surface area contributed by atoms with Crippen LogP contribution < -0.4 is 5.32 Å². The van der Waals surface area contributed by atoms with Crippen LogP contribution in [-0.2, 0) is 4.79 Å². The molecular formula is C7H4F2INO. The summed E-state index contributed by atoms with van der Waals surface area (Å²) < 4.78 is 25.6. The molecule has 0 aliphatic carbocycles. The largest absolute Gasteiger partial charge is 0.325 e. The summed E-state index contributed by atoms with van der Waals surface area (Å²) in [7, 11) is 0. The van der Waals surface area contributed by atoms with Crippen molar-refractivity contribution in [1.29, 1.82) is 0 Å². The molecule has 1 N–H and O–H groups in total. The zero-order valence-corrected chi connectivity index (χ0v) is 7.93. The van der Waals surface area contributed by atoms with Gasteiger partial charge in [0.2, 0.25) is 6.41 Å². The average molecular weight is 283 g/mol. The van der Waals surface area contributed by atoms with Crippen LogP contribution in [0.15, 0.2) is 12.1 Å². The van der Waals surface area contributed by atoms with Crippen LogP contribution in [0, 0.1) is 15.2 Å². The third kappa shape index (κ3) is 1.71. The van der Waals surface area contributed by atoms with Crippen molar-refractivity contribution in [3.8, 4) is 0 Å². The van der Waals surface area contributed by atoms with Gasteiger partial charge in [0.15, 0.2) is 0 Å². The first-order chi connectivity index (χ1) is 5.66. The second-order valence-corrected chi connectivity index (χ2v) is 3.06. The molecule has 12 heavy (non-hydrogen) atoms. The Morgan fingerprint density at radius 3 is 2.50 bits per heavy atom. The fourth-order valence-electron chi connectivity index (χ4n) is 0.718. The molecule has 1 rings (SSSR count). The van der Waals surface area contributed by atoms with Crippen molar-refractivity contribution in [2.75, 3.05) is 5.32 Å². The van der Waals surface area contributed by atoms with Gasteiger partial charge >= 0.3 is 0 Å². The average Bonchev–Trinajstić information content (AvgIpc) is 2.06. The van der Waals surface area contributed by atoms with Gasteiger partial charge in [-0.25, -0.2) is 8.78 Å². The Morgan fingerprint density at radius 2 is 1.92 bits per heavy atom. The molecule has 0 fully saturated rings. The quantitative estimate of drug-likeness (QED) is 0.503. The maximum Gasteiger partial charge on any atom is 0.211 e. The number of halogens is 3. The van der Waals surface area contributed by atoms with Gasteiger partial charge in [-0.1, -0.05) is 0 Å². The van der Waals surface area contributed by atoms with Gasteiger partial charge in [0.05, 0.1) is 9.26 Å². The van der Waals surface area contributed by atoms with E-state index in [0.29, 0.717) is 6.41 Å². The first kappa shape index (κ1) is 9.37. The number of benzene rings is 1. The predicted octanol–water partition coefficient (Wildman–Crippen LogP) is 2.14. The van der Waals surface area contributed by atoms with Gasteiger partial charge < -0.3 is 5.32 Å². The van der Waals surface area contributed by atoms with Crippen LogP contribution in [0.4, 0.5) is 14.5 Å². The molecule has 1 aromatic carbocycles. The Kier molecular flexibility index (Phi) is 2.96. The summed E-state index contributed by atoms with van der Waals surface area (Å²) in [4.78, 5) is 9.99. The van der Waals surface area contributed by atoms with E-state index in [-0.39, 0.29) is 9.26 Å². The molecule has 0 bridgehead atoms. The summed E-state index contributed by atoms with van der Waals surface area (Å²) in [6, 6.07) is 1.97. The Balaban J connectivity index is 3.22. The number of hydrogen-bond donors (Lipinski definition) is 1. The van der Waals surface area contributed by atoms with Gasteiger partial charge in [-0.2, -0.15) is 0 Å². The van der Waals surface area contributed by atoms with Crippen molar-refractivity contribution in [3.05, 3.63) is 27.3 Å². The molecule has 0 spiro atoms. The second kappa shape index (κ2) is 3.79. The highest BCUT2D eigenvalue weighted by Crippen LogP contribution is 2.23. The maximum atomic E-state index is 12.8. The van der Waals surface area contributed by atoms with Gasteiger partial charge in [-0.15, -0.1) is 0 Å². The number of hydrogen-bond acceptors (Lipinski definition) is 1. The van der Waals surface area contributed by atoms with E-state index in [2.05, 4.69) is 5.32 Å². The molecule has 0 aliphatic heterocycles. The van der Waals surface area contributed by atoms with Gasteiger partial charge in [-0.05, 0) is 34.7 Å². The van der Waals surface area contributed by atoms with Crippen molar-refractivity contribution in [1.82, 2.24) is 0 Å². The second-order valence-electron chi connectivity index (χ2n) is 1.98. The third-order valence-corrected chi connectivity index (χ3v) is 2.30. The van der Waals surface area contributed by atoms with Crippen molar-refractivity contribution in [2.24, 2.45) is 0 Å². The molecular weight excluding hydrogens is 279 g/mol. The molecule has 2 nitrogen and oxygen atoms in total. The van der Waals surface area contributed by atoms with Crippen molar-refractivity contribution >= 4 is 34.7 Å². The fraction of sp³-hybridized carbons (Fsp3) is 0. The molecule has 5 heteroatoms. The molecule has 1 aromatic rings. The molecule has 0 atom stereocenters. The Bertz CT molecular complexity index is 317. The summed E-state index contributed by atoms with van der Waals surface area (Å²) in [6.45, 7) is 0. The van der Waals surface area contributed by atoms with E-state index in [1.807, 2.05) is 0 Å². The summed E-state index contributed by atoms with van der Waals surface area (Å²) in [6.07, 6.45) is 0.306. The Hall–Kier alpha value is -0.720. The molecule has 0 saturated heterocycles. The molecule has 0 saturated carbocycles. The van der Waals surface area contributed by atoms with E-state index < -0.39 is 11.6 Å². The lowest BCUT2D eigenvalue weighted by Gasteiger charge is -2.03. The van der Waals surface area contributed by atoms with Crippen molar-refractivity contribution in [3.63, 3.8) is 0 Å². The van der Waals surface area contributed by atoms with Crippen LogP contribution in [0.1, 0.15) is 0 Å². The van der Waals surface area contributed by atoms with Gasteiger partial charge in [0.1, 0.15) is 11.6 Å². The Morgan fingerprint density at radius 1 is 1.33 bits per heavy atom. The fourth-order valence-corrected chi connectivity index (χ4v) is 1.31. The monoisotopic (exact) mass is 283 g/mol. The topological polar surface area (TPSA) is 29.1 Å². The van der Waals surface area contributed by atoms with E-state index in [1.54, 1.807) is 22.6 Å². The van der Waals surface area contributed by atoms with Crippen LogP contribution in [-0.4, -0.2) is 6.41 Å². The van der Waals surface area contributed by atoms with E-state index in [1.165, 1.54) is 0 Å². The number of nitrogens with one attached hydrogen (secondary N) is 1. The molecule has 0 heterocycles. The molecule has 64 valence electrons. The van der Waals surface area contributed by atoms with Crippen LogP contribution in [0.2, 0.25) is 0 Å². The van der Waals surface area contributed by atoms with Crippen molar-refractivity contribution in [2.45, 2.75) is 0 Å². The highest BCUT2D eigenvalue weighted by molar-refractivity contribution is 14.1. The molecule has 0 aliphatic rings. The first-order valence-corrected chi connectivity index (χ1v) is 4.08. The van der Waals surface area contributed by atoms with Gasteiger partial charge in [0.25, 0.3) is 0 Å². The number of anilines is 1. The van der Waals surface area contributed by atoms with Crippen LogP contribution in [0.3, 0.4) is 0 Å². The normalized spacial score (nSPS) is 9.58. The maximum absolute atomic E-state index is 12.8. The summed E-state index contributed by atoms with van der Waals surface area (Å²) in [5.41, 5.74) is -0.120. The summed E-state index contributed by atoms with van der Waals surface area (Å²) in [5.74, 6) is -1.20.